The Morgan fingerprint density at radius 1 is 1.11 bits per heavy atom. The highest BCUT2D eigenvalue weighted by atomic mass is 16.5. The summed E-state index contributed by atoms with van der Waals surface area (Å²) in [5.41, 5.74) is 0.889. The minimum atomic E-state index is -0.328. The van der Waals surface area contributed by atoms with Crippen molar-refractivity contribution < 1.29 is 23.8 Å². The van der Waals surface area contributed by atoms with E-state index in [0.717, 1.165) is 5.56 Å². The van der Waals surface area contributed by atoms with E-state index in [0.29, 0.717) is 36.8 Å². The molecule has 0 saturated carbocycles. The predicted molar refractivity (Wildman–Crippen MR) is 102 cm³/mol. The monoisotopic (exact) mass is 378 g/mol. The second kappa shape index (κ2) is 8.97. The molecule has 1 aliphatic heterocycles. The molecule has 1 heterocycles. The Bertz CT molecular complexity index is 664. The van der Waals surface area contributed by atoms with E-state index in [-0.39, 0.29) is 29.7 Å². The Morgan fingerprint density at radius 2 is 1.70 bits per heavy atom. The molecule has 2 unspecified atom stereocenters. The first kappa shape index (κ1) is 20.9. The lowest BCUT2D eigenvalue weighted by atomic mass is 9.87. The standard InChI is InChI=1S/C20H30N2O5/c1-7-18(23)22-10-14(15(11-22)20(24)21-12(2)3)13-8-16(25-4)19(27-6)17(9-13)26-5/h8-9,12,14-15H,7,10-11H2,1-6H3,(H,21,24). The molecule has 1 fully saturated rings. The average Bonchev–Trinajstić information content (AvgIpc) is 3.11. The quantitative estimate of drug-likeness (QED) is 0.787. The van der Waals surface area contributed by atoms with Gasteiger partial charge in [0, 0.05) is 31.5 Å². The van der Waals surface area contributed by atoms with Crippen LogP contribution in [0.15, 0.2) is 12.1 Å². The highest BCUT2D eigenvalue weighted by molar-refractivity contribution is 5.83. The van der Waals surface area contributed by atoms with Gasteiger partial charge in [0.2, 0.25) is 17.6 Å². The molecule has 2 rings (SSSR count). The maximum Gasteiger partial charge on any atom is 0.225 e. The average molecular weight is 378 g/mol. The molecular weight excluding hydrogens is 348 g/mol. The molecule has 0 spiro atoms. The van der Waals surface area contributed by atoms with E-state index < -0.39 is 0 Å². The molecule has 0 aliphatic carbocycles. The number of rotatable bonds is 7. The van der Waals surface area contributed by atoms with Gasteiger partial charge in [-0.2, -0.15) is 0 Å². The zero-order valence-electron chi connectivity index (χ0n) is 17.0. The third-order valence-corrected chi connectivity index (χ3v) is 4.86. The van der Waals surface area contributed by atoms with E-state index in [4.69, 9.17) is 14.2 Å². The van der Waals surface area contributed by atoms with Gasteiger partial charge in [-0.1, -0.05) is 6.92 Å². The normalized spacial score (nSPS) is 19.1. The number of ether oxygens (including phenoxy) is 3. The number of benzene rings is 1. The Labute approximate surface area is 161 Å². The molecule has 150 valence electrons. The van der Waals surface area contributed by atoms with E-state index in [2.05, 4.69) is 5.32 Å². The highest BCUT2D eigenvalue weighted by Gasteiger charge is 2.40. The molecule has 1 aliphatic rings. The SMILES string of the molecule is CCC(=O)N1CC(C(=O)NC(C)C)C(c2cc(OC)c(OC)c(OC)c2)C1. The largest absolute Gasteiger partial charge is 0.493 e. The van der Waals surface area contributed by atoms with Crippen molar-refractivity contribution in [2.75, 3.05) is 34.4 Å². The van der Waals surface area contributed by atoms with E-state index in [1.165, 1.54) is 0 Å². The van der Waals surface area contributed by atoms with Gasteiger partial charge in [-0.25, -0.2) is 0 Å². The number of hydrogen-bond acceptors (Lipinski definition) is 5. The van der Waals surface area contributed by atoms with E-state index >= 15 is 0 Å². The minimum absolute atomic E-state index is 0.0361. The predicted octanol–water partition coefficient (Wildman–Crippen LogP) is 2.19. The summed E-state index contributed by atoms with van der Waals surface area (Å²) in [6.45, 7) is 6.58. The van der Waals surface area contributed by atoms with Crippen molar-refractivity contribution in [3.63, 3.8) is 0 Å². The third kappa shape index (κ3) is 4.46. The lowest BCUT2D eigenvalue weighted by molar-refractivity contribution is -0.130. The Balaban J connectivity index is 2.45. The van der Waals surface area contributed by atoms with Gasteiger partial charge in [0.15, 0.2) is 11.5 Å². The smallest absolute Gasteiger partial charge is 0.225 e. The van der Waals surface area contributed by atoms with Crippen LogP contribution < -0.4 is 19.5 Å². The topological polar surface area (TPSA) is 77.1 Å². The summed E-state index contributed by atoms with van der Waals surface area (Å²) in [6, 6.07) is 3.76. The third-order valence-electron chi connectivity index (χ3n) is 4.86. The number of nitrogens with one attached hydrogen (secondary N) is 1. The van der Waals surface area contributed by atoms with Crippen LogP contribution >= 0.6 is 0 Å². The molecule has 7 nitrogen and oxygen atoms in total. The number of hydrogen-bond donors (Lipinski definition) is 1. The summed E-state index contributed by atoms with van der Waals surface area (Å²) >= 11 is 0. The lowest BCUT2D eigenvalue weighted by Crippen LogP contribution is -2.39. The molecule has 0 radical (unpaired) electrons. The molecule has 0 aromatic heterocycles. The first-order valence-electron chi connectivity index (χ1n) is 9.24. The molecule has 2 amide bonds. The van der Waals surface area contributed by atoms with E-state index in [1.54, 1.807) is 26.2 Å². The Hall–Kier alpha value is -2.44. The fraction of sp³-hybridized carbons (Fsp3) is 0.600. The van der Waals surface area contributed by atoms with Crippen LogP contribution in [0, 0.1) is 5.92 Å². The molecule has 27 heavy (non-hydrogen) atoms. The van der Waals surface area contributed by atoms with E-state index in [1.807, 2.05) is 32.9 Å². The lowest BCUT2D eigenvalue weighted by Gasteiger charge is -2.21. The van der Waals surface area contributed by atoms with Crippen LogP contribution in [0.2, 0.25) is 0 Å². The van der Waals surface area contributed by atoms with Gasteiger partial charge in [0.25, 0.3) is 0 Å². The van der Waals surface area contributed by atoms with Gasteiger partial charge in [-0.05, 0) is 31.5 Å². The molecular formula is C20H30N2O5. The number of methoxy groups -OCH3 is 3. The summed E-state index contributed by atoms with van der Waals surface area (Å²) in [7, 11) is 4.67. The summed E-state index contributed by atoms with van der Waals surface area (Å²) in [5, 5.41) is 2.98. The van der Waals surface area contributed by atoms with Crippen LogP contribution in [0.3, 0.4) is 0 Å². The van der Waals surface area contributed by atoms with Crippen molar-refractivity contribution in [3.05, 3.63) is 17.7 Å². The first-order valence-corrected chi connectivity index (χ1v) is 9.24. The van der Waals surface area contributed by atoms with Gasteiger partial charge in [0.1, 0.15) is 0 Å². The zero-order chi connectivity index (χ0) is 20.1. The van der Waals surface area contributed by atoms with Gasteiger partial charge >= 0.3 is 0 Å². The number of carbonyl (C=O) groups excluding carboxylic acids is 2. The molecule has 7 heteroatoms. The van der Waals surface area contributed by atoms with Crippen molar-refractivity contribution in [1.29, 1.82) is 0 Å². The summed E-state index contributed by atoms with van der Waals surface area (Å²) < 4.78 is 16.3. The van der Waals surface area contributed by atoms with Gasteiger partial charge < -0.3 is 24.4 Å². The van der Waals surface area contributed by atoms with Crippen LogP contribution in [0.4, 0.5) is 0 Å². The van der Waals surface area contributed by atoms with Crippen molar-refractivity contribution in [1.82, 2.24) is 10.2 Å². The summed E-state index contributed by atoms with van der Waals surface area (Å²) in [6.07, 6.45) is 0.417. The molecule has 2 atom stereocenters. The second-order valence-electron chi connectivity index (χ2n) is 6.99. The maximum atomic E-state index is 12.8. The van der Waals surface area contributed by atoms with Crippen LogP contribution in [0.1, 0.15) is 38.7 Å². The molecule has 0 bridgehead atoms. The zero-order valence-corrected chi connectivity index (χ0v) is 17.0. The first-order chi connectivity index (χ1) is 12.9. The van der Waals surface area contributed by atoms with E-state index in [9.17, 15) is 9.59 Å². The van der Waals surface area contributed by atoms with Crippen molar-refractivity contribution in [2.24, 2.45) is 5.92 Å². The Morgan fingerprint density at radius 3 is 2.15 bits per heavy atom. The van der Waals surface area contributed by atoms with Crippen LogP contribution in [0.25, 0.3) is 0 Å². The number of nitrogens with zero attached hydrogens (tertiary/aromatic N) is 1. The fourth-order valence-electron chi connectivity index (χ4n) is 3.54. The van der Waals surface area contributed by atoms with Crippen molar-refractivity contribution in [2.45, 2.75) is 39.2 Å². The number of carbonyl (C=O) groups is 2. The van der Waals surface area contributed by atoms with Gasteiger partial charge in [-0.3, -0.25) is 9.59 Å². The van der Waals surface area contributed by atoms with Crippen molar-refractivity contribution in [3.8, 4) is 17.2 Å². The van der Waals surface area contributed by atoms with Gasteiger partial charge in [0.05, 0.1) is 27.2 Å². The summed E-state index contributed by atoms with van der Waals surface area (Å²) in [5.74, 6) is 1.11. The highest BCUT2D eigenvalue weighted by Crippen LogP contribution is 2.43. The molecule has 1 aromatic rings. The van der Waals surface area contributed by atoms with Crippen molar-refractivity contribution >= 4 is 11.8 Å². The van der Waals surface area contributed by atoms with Gasteiger partial charge in [-0.15, -0.1) is 0 Å². The molecule has 1 N–H and O–H groups in total. The summed E-state index contributed by atoms with van der Waals surface area (Å²) in [4.78, 5) is 26.8. The maximum absolute atomic E-state index is 12.8. The number of amides is 2. The van der Waals surface area contributed by atoms with Crippen LogP contribution in [-0.2, 0) is 9.59 Å². The molecule has 1 saturated heterocycles. The van der Waals surface area contributed by atoms with Crippen LogP contribution in [0.5, 0.6) is 17.2 Å². The number of likely N-dealkylation sites (tertiary alicyclic amines) is 1. The fourth-order valence-corrected chi connectivity index (χ4v) is 3.54. The Kier molecular flexibility index (Phi) is 6.93. The minimum Gasteiger partial charge on any atom is -0.493 e. The second-order valence-corrected chi connectivity index (χ2v) is 6.99. The van der Waals surface area contributed by atoms with Crippen LogP contribution in [-0.4, -0.2) is 57.2 Å². The molecule has 1 aromatic carbocycles.